The van der Waals surface area contributed by atoms with E-state index in [2.05, 4.69) is 15.8 Å². The van der Waals surface area contributed by atoms with E-state index < -0.39 is 5.82 Å². The number of carbonyl (C=O) groups excluding carboxylic acids is 2. The van der Waals surface area contributed by atoms with Crippen LogP contribution in [0.3, 0.4) is 0 Å². The Bertz CT molecular complexity index is 742. The van der Waals surface area contributed by atoms with Crippen LogP contribution in [0.1, 0.15) is 23.9 Å². The van der Waals surface area contributed by atoms with Gasteiger partial charge in [0.1, 0.15) is 11.6 Å². The van der Waals surface area contributed by atoms with Gasteiger partial charge in [0, 0.05) is 23.9 Å². The van der Waals surface area contributed by atoms with Crippen LogP contribution in [0.25, 0.3) is 0 Å². The Hall–Kier alpha value is -2.35. The number of nitrogens with one attached hydrogen (secondary N) is 2. The van der Waals surface area contributed by atoms with Crippen molar-refractivity contribution in [2.75, 3.05) is 16.4 Å². The summed E-state index contributed by atoms with van der Waals surface area (Å²) in [6.07, 6.45) is 0. The summed E-state index contributed by atoms with van der Waals surface area (Å²) >= 11 is 1.43. The predicted octanol–water partition coefficient (Wildman–Crippen LogP) is 3.26. The number of thioether (sulfide) groups is 1. The molecule has 0 bridgehead atoms. The van der Waals surface area contributed by atoms with Crippen LogP contribution in [-0.2, 0) is 15.3 Å². The van der Waals surface area contributed by atoms with Gasteiger partial charge in [-0.1, -0.05) is 5.16 Å². The minimum Gasteiger partial charge on any atom is -0.361 e. The molecule has 0 aliphatic heterocycles. The second-order valence-electron chi connectivity index (χ2n) is 5.22. The van der Waals surface area contributed by atoms with Gasteiger partial charge in [0.2, 0.25) is 11.8 Å². The van der Waals surface area contributed by atoms with Gasteiger partial charge in [0.05, 0.1) is 17.1 Å². The Morgan fingerprint density at radius 2 is 2.04 bits per heavy atom. The molecule has 1 heterocycles. The molecule has 2 rings (SSSR count). The fraction of sp³-hybridized carbons (Fsp3) is 0.312. The number of amides is 2. The fourth-order valence-electron chi connectivity index (χ4n) is 2.04. The van der Waals surface area contributed by atoms with E-state index in [-0.39, 0.29) is 23.3 Å². The third-order valence-corrected chi connectivity index (χ3v) is 4.18. The Labute approximate surface area is 143 Å². The third kappa shape index (κ3) is 4.82. The Morgan fingerprint density at radius 1 is 1.29 bits per heavy atom. The summed E-state index contributed by atoms with van der Waals surface area (Å²) in [6, 6.07) is 4.02. The summed E-state index contributed by atoms with van der Waals surface area (Å²) in [5.41, 5.74) is 2.26. The lowest BCUT2D eigenvalue weighted by atomic mass is 10.2. The largest absolute Gasteiger partial charge is 0.361 e. The van der Waals surface area contributed by atoms with Gasteiger partial charge in [-0.15, -0.1) is 11.8 Å². The monoisotopic (exact) mass is 351 g/mol. The summed E-state index contributed by atoms with van der Waals surface area (Å²) in [7, 11) is 0. The summed E-state index contributed by atoms with van der Waals surface area (Å²) in [4.78, 5) is 23.0. The fourth-order valence-corrected chi connectivity index (χ4v) is 3.02. The number of aromatic nitrogens is 1. The van der Waals surface area contributed by atoms with Crippen molar-refractivity contribution in [1.82, 2.24) is 5.16 Å². The molecule has 1 aromatic heterocycles. The zero-order valence-electron chi connectivity index (χ0n) is 13.6. The Morgan fingerprint density at radius 3 is 2.67 bits per heavy atom. The summed E-state index contributed by atoms with van der Waals surface area (Å²) < 4.78 is 18.6. The van der Waals surface area contributed by atoms with E-state index in [9.17, 15) is 14.0 Å². The number of anilines is 2. The molecule has 2 N–H and O–H groups in total. The standard InChI is InChI=1S/C16H18FN3O3S/c1-9-13(10(2)23-20-9)7-24-8-16(22)19-12-4-5-14(17)15(6-12)18-11(3)21/h4-6H,7-8H2,1-3H3,(H,18,21)(H,19,22). The van der Waals surface area contributed by atoms with Crippen LogP contribution in [0.15, 0.2) is 22.7 Å². The quantitative estimate of drug-likeness (QED) is 0.834. The highest BCUT2D eigenvalue weighted by Gasteiger charge is 2.11. The molecular formula is C16H18FN3O3S. The van der Waals surface area contributed by atoms with Gasteiger partial charge in [0.25, 0.3) is 0 Å². The molecule has 0 radical (unpaired) electrons. The first-order valence-corrected chi connectivity index (χ1v) is 8.38. The first-order valence-electron chi connectivity index (χ1n) is 7.23. The molecule has 0 saturated carbocycles. The maximum absolute atomic E-state index is 13.6. The van der Waals surface area contributed by atoms with Crippen molar-refractivity contribution in [3.63, 3.8) is 0 Å². The number of carbonyl (C=O) groups is 2. The number of halogens is 1. The highest BCUT2D eigenvalue weighted by atomic mass is 32.2. The first-order chi connectivity index (χ1) is 11.4. The van der Waals surface area contributed by atoms with E-state index in [1.165, 1.54) is 36.9 Å². The summed E-state index contributed by atoms with van der Waals surface area (Å²) in [5, 5.41) is 8.91. The summed E-state index contributed by atoms with van der Waals surface area (Å²) in [6.45, 7) is 4.97. The molecular weight excluding hydrogens is 333 g/mol. The Kier molecular flexibility index (Phi) is 5.97. The average Bonchev–Trinajstić information content (AvgIpc) is 2.82. The van der Waals surface area contributed by atoms with Gasteiger partial charge in [-0.05, 0) is 32.0 Å². The van der Waals surface area contributed by atoms with Crippen molar-refractivity contribution < 1.29 is 18.5 Å². The molecule has 2 aromatic rings. The molecule has 24 heavy (non-hydrogen) atoms. The number of aryl methyl sites for hydroxylation is 2. The molecule has 0 aliphatic rings. The molecule has 128 valence electrons. The van der Waals surface area contributed by atoms with E-state index in [0.29, 0.717) is 11.4 Å². The van der Waals surface area contributed by atoms with E-state index in [4.69, 9.17) is 4.52 Å². The van der Waals surface area contributed by atoms with Gasteiger partial charge in [-0.25, -0.2) is 4.39 Å². The first kappa shape index (κ1) is 18.0. The highest BCUT2D eigenvalue weighted by molar-refractivity contribution is 7.99. The highest BCUT2D eigenvalue weighted by Crippen LogP contribution is 2.21. The van der Waals surface area contributed by atoms with Gasteiger partial charge >= 0.3 is 0 Å². The Balaban J connectivity index is 1.89. The van der Waals surface area contributed by atoms with Crippen molar-refractivity contribution in [2.45, 2.75) is 26.5 Å². The van der Waals surface area contributed by atoms with E-state index >= 15 is 0 Å². The van der Waals surface area contributed by atoms with Crippen LogP contribution in [0.5, 0.6) is 0 Å². The minimum atomic E-state index is -0.559. The summed E-state index contributed by atoms with van der Waals surface area (Å²) in [5.74, 6) is 0.445. The number of hydrogen-bond acceptors (Lipinski definition) is 5. The molecule has 1 aromatic carbocycles. The van der Waals surface area contributed by atoms with Gasteiger partial charge in [-0.3, -0.25) is 9.59 Å². The van der Waals surface area contributed by atoms with Crippen LogP contribution >= 0.6 is 11.8 Å². The third-order valence-electron chi connectivity index (χ3n) is 3.22. The van der Waals surface area contributed by atoms with Crippen LogP contribution in [0.2, 0.25) is 0 Å². The molecule has 2 amide bonds. The lowest BCUT2D eigenvalue weighted by Crippen LogP contribution is -2.15. The topological polar surface area (TPSA) is 84.2 Å². The molecule has 8 heteroatoms. The second-order valence-corrected chi connectivity index (χ2v) is 6.21. The van der Waals surface area contributed by atoms with Crippen molar-refractivity contribution in [3.8, 4) is 0 Å². The zero-order valence-corrected chi connectivity index (χ0v) is 14.4. The average molecular weight is 351 g/mol. The molecule has 0 aliphatic carbocycles. The maximum Gasteiger partial charge on any atom is 0.234 e. The van der Waals surface area contributed by atoms with Crippen LogP contribution in [-0.4, -0.2) is 22.7 Å². The SMILES string of the molecule is CC(=O)Nc1cc(NC(=O)CSCc2c(C)noc2C)ccc1F. The van der Waals surface area contributed by atoms with Crippen molar-refractivity contribution in [3.05, 3.63) is 41.0 Å². The molecule has 0 unspecified atom stereocenters. The van der Waals surface area contributed by atoms with Crippen LogP contribution < -0.4 is 10.6 Å². The van der Waals surface area contributed by atoms with E-state index in [0.717, 1.165) is 17.0 Å². The van der Waals surface area contributed by atoms with Crippen LogP contribution in [0, 0.1) is 19.7 Å². The molecule has 0 atom stereocenters. The predicted molar refractivity (Wildman–Crippen MR) is 91.5 cm³/mol. The van der Waals surface area contributed by atoms with Gasteiger partial charge in [0.15, 0.2) is 0 Å². The molecule has 0 fully saturated rings. The van der Waals surface area contributed by atoms with Crippen molar-refractivity contribution in [2.24, 2.45) is 0 Å². The normalized spacial score (nSPS) is 10.5. The van der Waals surface area contributed by atoms with Crippen molar-refractivity contribution >= 4 is 35.0 Å². The second kappa shape index (κ2) is 7.96. The zero-order chi connectivity index (χ0) is 17.7. The van der Waals surface area contributed by atoms with Crippen LogP contribution in [0.4, 0.5) is 15.8 Å². The number of hydrogen-bond donors (Lipinski definition) is 2. The van der Waals surface area contributed by atoms with Gasteiger partial charge in [-0.2, -0.15) is 0 Å². The van der Waals surface area contributed by atoms with E-state index in [1.807, 2.05) is 13.8 Å². The lowest BCUT2D eigenvalue weighted by molar-refractivity contribution is -0.114. The number of rotatable bonds is 6. The van der Waals surface area contributed by atoms with Crippen molar-refractivity contribution in [1.29, 1.82) is 0 Å². The number of benzene rings is 1. The molecule has 0 saturated heterocycles. The maximum atomic E-state index is 13.6. The smallest absolute Gasteiger partial charge is 0.234 e. The minimum absolute atomic E-state index is 0.0312. The number of nitrogens with zero attached hydrogens (tertiary/aromatic N) is 1. The molecule has 0 spiro atoms. The molecule has 6 nitrogen and oxygen atoms in total. The lowest BCUT2D eigenvalue weighted by Gasteiger charge is -2.09. The van der Waals surface area contributed by atoms with E-state index in [1.54, 1.807) is 0 Å². The van der Waals surface area contributed by atoms with Gasteiger partial charge < -0.3 is 15.2 Å².